The maximum absolute atomic E-state index is 9.06. The highest BCUT2D eigenvalue weighted by Crippen LogP contribution is 2.16. The molecule has 3 rings (SSSR count). The molecule has 0 amide bonds. The van der Waals surface area contributed by atoms with E-state index >= 15 is 0 Å². The topological polar surface area (TPSA) is 84.1 Å². The molecule has 8 heteroatoms. The Morgan fingerprint density at radius 1 is 1.10 bits per heavy atom. The van der Waals surface area contributed by atoms with E-state index in [1.54, 1.807) is 18.5 Å². The molecule has 6 nitrogen and oxygen atoms in total. The molecule has 0 aliphatic carbocycles. The lowest BCUT2D eigenvalue weighted by atomic mass is 9.80. The van der Waals surface area contributed by atoms with E-state index in [2.05, 4.69) is 27.6 Å². The standard InChI is InChI=1S/C12H11BN4O2S/c18-13(19)9-3-1-8(2-4-9)5-17-7-16-10-11(17)14-6-15-12(10)20/h1-4,6-7,18-19H,5H2,(H,14,15,20). The smallest absolute Gasteiger partial charge is 0.423 e. The van der Waals surface area contributed by atoms with Gasteiger partial charge in [0, 0.05) is 0 Å². The Labute approximate surface area is 120 Å². The van der Waals surface area contributed by atoms with Gasteiger partial charge in [-0.1, -0.05) is 24.3 Å². The fourth-order valence-electron chi connectivity index (χ4n) is 1.98. The maximum atomic E-state index is 9.06. The van der Waals surface area contributed by atoms with Gasteiger partial charge in [0.15, 0.2) is 5.65 Å². The second kappa shape index (κ2) is 5.24. The average molecular weight is 286 g/mol. The summed E-state index contributed by atoms with van der Waals surface area (Å²) in [5.41, 5.74) is 2.85. The molecule has 0 saturated heterocycles. The van der Waals surface area contributed by atoms with Crippen LogP contribution in [0.15, 0.2) is 41.9 Å². The Balaban J connectivity index is 1.91. The molecule has 0 radical (unpaired) electrons. The number of benzene rings is 1. The molecule has 2 N–H and O–H groups in total. The number of fused-ring (bicyclic) bond motifs is 1. The van der Waals surface area contributed by atoms with Crippen molar-refractivity contribution in [3.05, 3.63) is 42.5 Å². The SMILES string of the molecule is OB(O)c1ccc(Cn2cnc3c(S)ncnc32)cc1. The molecule has 0 aliphatic rings. The van der Waals surface area contributed by atoms with Gasteiger partial charge in [0.25, 0.3) is 0 Å². The third-order valence-electron chi connectivity index (χ3n) is 3.01. The fourth-order valence-corrected chi connectivity index (χ4v) is 2.19. The molecular weight excluding hydrogens is 275 g/mol. The zero-order valence-electron chi connectivity index (χ0n) is 10.4. The summed E-state index contributed by atoms with van der Waals surface area (Å²) in [5, 5.41) is 18.7. The average Bonchev–Trinajstić information content (AvgIpc) is 2.84. The predicted octanol–water partition coefficient (Wildman–Crippen LogP) is -0.157. The van der Waals surface area contributed by atoms with Crippen molar-refractivity contribution in [2.24, 2.45) is 0 Å². The summed E-state index contributed by atoms with van der Waals surface area (Å²) in [6.07, 6.45) is 3.14. The molecule has 20 heavy (non-hydrogen) atoms. The van der Waals surface area contributed by atoms with Gasteiger partial charge in [0.1, 0.15) is 16.9 Å². The van der Waals surface area contributed by atoms with E-state index in [4.69, 9.17) is 10.0 Å². The summed E-state index contributed by atoms with van der Waals surface area (Å²) in [6, 6.07) is 7.03. The highest BCUT2D eigenvalue weighted by molar-refractivity contribution is 7.80. The van der Waals surface area contributed by atoms with Crippen LogP contribution in [-0.2, 0) is 6.54 Å². The van der Waals surface area contributed by atoms with Crippen LogP contribution in [0.3, 0.4) is 0 Å². The summed E-state index contributed by atoms with van der Waals surface area (Å²) < 4.78 is 1.89. The van der Waals surface area contributed by atoms with E-state index in [-0.39, 0.29) is 0 Å². The molecule has 0 atom stereocenters. The van der Waals surface area contributed by atoms with Crippen molar-refractivity contribution in [1.82, 2.24) is 19.5 Å². The summed E-state index contributed by atoms with van der Waals surface area (Å²) in [5.74, 6) is 0. The minimum Gasteiger partial charge on any atom is -0.423 e. The number of hydrogen-bond donors (Lipinski definition) is 3. The zero-order valence-corrected chi connectivity index (χ0v) is 11.3. The second-order valence-electron chi connectivity index (χ2n) is 4.36. The van der Waals surface area contributed by atoms with E-state index in [0.717, 1.165) is 11.2 Å². The van der Waals surface area contributed by atoms with Gasteiger partial charge >= 0.3 is 7.12 Å². The van der Waals surface area contributed by atoms with E-state index in [1.165, 1.54) is 6.33 Å². The van der Waals surface area contributed by atoms with Gasteiger partial charge in [-0.25, -0.2) is 15.0 Å². The van der Waals surface area contributed by atoms with Crippen LogP contribution in [0.1, 0.15) is 5.56 Å². The highest BCUT2D eigenvalue weighted by atomic mass is 32.1. The van der Waals surface area contributed by atoms with Crippen molar-refractivity contribution in [2.75, 3.05) is 0 Å². The molecule has 0 fully saturated rings. The largest absolute Gasteiger partial charge is 0.488 e. The van der Waals surface area contributed by atoms with E-state index < -0.39 is 7.12 Å². The maximum Gasteiger partial charge on any atom is 0.488 e. The van der Waals surface area contributed by atoms with E-state index in [1.807, 2.05) is 16.7 Å². The van der Waals surface area contributed by atoms with Crippen molar-refractivity contribution in [3.63, 3.8) is 0 Å². The first kappa shape index (κ1) is 13.1. The lowest BCUT2D eigenvalue weighted by Gasteiger charge is -2.05. The van der Waals surface area contributed by atoms with Crippen LogP contribution < -0.4 is 5.46 Å². The molecule has 100 valence electrons. The molecule has 2 aromatic heterocycles. The zero-order chi connectivity index (χ0) is 14.1. The Kier molecular flexibility index (Phi) is 3.43. The first-order valence-corrected chi connectivity index (χ1v) is 6.39. The van der Waals surface area contributed by atoms with Gasteiger partial charge in [-0.3, -0.25) is 0 Å². The van der Waals surface area contributed by atoms with Gasteiger partial charge in [-0.2, -0.15) is 0 Å². The molecule has 0 unspecified atom stereocenters. The lowest BCUT2D eigenvalue weighted by molar-refractivity contribution is 0.426. The number of rotatable bonds is 3. The summed E-state index contributed by atoms with van der Waals surface area (Å²) in [7, 11) is -1.45. The molecule has 2 heterocycles. The van der Waals surface area contributed by atoms with Crippen LogP contribution in [0, 0.1) is 0 Å². The normalized spacial score (nSPS) is 10.9. The number of imidazole rings is 1. The van der Waals surface area contributed by atoms with Gasteiger partial charge in [-0.05, 0) is 11.0 Å². The summed E-state index contributed by atoms with van der Waals surface area (Å²) in [4.78, 5) is 12.4. The van der Waals surface area contributed by atoms with Crippen molar-refractivity contribution in [1.29, 1.82) is 0 Å². The van der Waals surface area contributed by atoms with Gasteiger partial charge in [0.2, 0.25) is 0 Å². The minimum absolute atomic E-state index is 0.462. The molecule has 1 aromatic carbocycles. The van der Waals surface area contributed by atoms with Crippen molar-refractivity contribution in [2.45, 2.75) is 11.6 Å². The molecule has 0 saturated carbocycles. The van der Waals surface area contributed by atoms with Crippen molar-refractivity contribution in [3.8, 4) is 0 Å². The Morgan fingerprint density at radius 2 is 1.85 bits per heavy atom. The Morgan fingerprint density at radius 3 is 2.55 bits per heavy atom. The quantitative estimate of drug-likeness (QED) is 0.354. The van der Waals surface area contributed by atoms with Crippen LogP contribution in [0.4, 0.5) is 0 Å². The van der Waals surface area contributed by atoms with E-state index in [0.29, 0.717) is 22.6 Å². The molecule has 0 bridgehead atoms. The molecule has 0 spiro atoms. The summed E-state index contributed by atoms with van der Waals surface area (Å²) in [6.45, 7) is 0.586. The van der Waals surface area contributed by atoms with Gasteiger partial charge in [0.05, 0.1) is 12.9 Å². The second-order valence-corrected chi connectivity index (χ2v) is 4.78. The number of nitrogens with zero attached hydrogens (tertiary/aromatic N) is 4. The van der Waals surface area contributed by atoms with Crippen molar-refractivity contribution >= 4 is 36.4 Å². The number of aromatic nitrogens is 4. The summed E-state index contributed by atoms with van der Waals surface area (Å²) >= 11 is 4.24. The van der Waals surface area contributed by atoms with Crippen LogP contribution in [0.25, 0.3) is 11.2 Å². The lowest BCUT2D eigenvalue weighted by Crippen LogP contribution is -2.29. The van der Waals surface area contributed by atoms with Gasteiger partial charge < -0.3 is 14.6 Å². The third kappa shape index (κ3) is 2.40. The molecular formula is C12H11BN4O2S. The van der Waals surface area contributed by atoms with Crippen LogP contribution in [-0.4, -0.2) is 36.7 Å². The Hall–Kier alpha value is -1.90. The van der Waals surface area contributed by atoms with E-state index in [9.17, 15) is 0 Å². The first-order chi connectivity index (χ1) is 9.65. The first-order valence-electron chi connectivity index (χ1n) is 5.95. The monoisotopic (exact) mass is 286 g/mol. The minimum atomic E-state index is -1.45. The number of hydrogen-bond acceptors (Lipinski definition) is 6. The fraction of sp³-hybridized carbons (Fsp3) is 0.0833. The van der Waals surface area contributed by atoms with Crippen molar-refractivity contribution < 1.29 is 10.0 Å². The van der Waals surface area contributed by atoms with Crippen LogP contribution in [0.2, 0.25) is 0 Å². The molecule has 0 aliphatic heterocycles. The third-order valence-corrected chi connectivity index (χ3v) is 3.34. The number of thiol groups is 1. The van der Waals surface area contributed by atoms with Crippen LogP contribution in [0.5, 0.6) is 0 Å². The van der Waals surface area contributed by atoms with Gasteiger partial charge in [-0.15, -0.1) is 12.6 Å². The predicted molar refractivity (Wildman–Crippen MR) is 77.9 cm³/mol. The molecule has 3 aromatic rings. The van der Waals surface area contributed by atoms with Crippen LogP contribution >= 0.6 is 12.6 Å². The highest BCUT2D eigenvalue weighted by Gasteiger charge is 2.11. The Bertz CT molecular complexity index is 745.